The first-order valence-corrected chi connectivity index (χ1v) is 16.1. The maximum Gasteiger partial charge on any atom is 0.264 e. The number of benzene rings is 4. The summed E-state index contributed by atoms with van der Waals surface area (Å²) in [7, 11) is 0.237. The van der Waals surface area contributed by atoms with Gasteiger partial charge in [-0.2, -0.15) is 5.10 Å². The highest BCUT2D eigenvalue weighted by Gasteiger charge is 2.28. The minimum absolute atomic E-state index is 0.00803. The zero-order chi connectivity index (χ0) is 32.6. The topological polar surface area (TPSA) is 116 Å². The van der Waals surface area contributed by atoms with E-state index in [4.69, 9.17) is 42.1 Å². The molecule has 4 aromatic carbocycles. The number of sulfonamides is 1. The number of ether oxygens (including phenoxy) is 4. The third kappa shape index (κ3) is 8.40. The number of nitrogens with one attached hydrogen (secondary N) is 1. The summed E-state index contributed by atoms with van der Waals surface area (Å²) in [5, 5.41) is 5.01. The highest BCUT2D eigenvalue weighted by Crippen LogP contribution is 2.37. The van der Waals surface area contributed by atoms with Crippen molar-refractivity contribution in [3.8, 4) is 23.0 Å². The van der Waals surface area contributed by atoms with Gasteiger partial charge >= 0.3 is 0 Å². The van der Waals surface area contributed by atoms with E-state index in [9.17, 15) is 13.2 Å². The molecule has 45 heavy (non-hydrogen) atoms. The van der Waals surface area contributed by atoms with Crippen LogP contribution in [0.4, 0.5) is 5.69 Å². The molecule has 0 aliphatic carbocycles. The molecule has 236 valence electrons. The Hall–Kier alpha value is -3.97. The molecule has 0 heterocycles. The van der Waals surface area contributed by atoms with Crippen LogP contribution < -0.4 is 28.7 Å². The molecule has 0 radical (unpaired) electrons. The molecule has 0 unspecified atom stereocenters. The van der Waals surface area contributed by atoms with E-state index in [2.05, 4.69) is 26.5 Å². The van der Waals surface area contributed by atoms with Crippen LogP contribution in [0.25, 0.3) is 0 Å². The summed E-state index contributed by atoms with van der Waals surface area (Å²) in [5.41, 5.74) is 3.88. The fourth-order valence-electron chi connectivity index (χ4n) is 4.10. The van der Waals surface area contributed by atoms with Crippen molar-refractivity contribution in [1.82, 2.24) is 5.43 Å². The number of hydrazone groups is 1. The lowest BCUT2D eigenvalue weighted by atomic mass is 10.2. The summed E-state index contributed by atoms with van der Waals surface area (Å²) >= 11 is 15.7. The number of rotatable bonds is 13. The molecule has 0 aliphatic rings. The molecule has 4 rings (SSSR count). The van der Waals surface area contributed by atoms with Gasteiger partial charge < -0.3 is 18.9 Å². The average Bonchev–Trinajstić information content (AvgIpc) is 3.03. The first kappa shape index (κ1) is 33.9. The van der Waals surface area contributed by atoms with Crippen LogP contribution in [0.1, 0.15) is 11.1 Å². The summed E-state index contributed by atoms with van der Waals surface area (Å²) in [5.74, 6) is 0.840. The summed E-state index contributed by atoms with van der Waals surface area (Å²) in [6.45, 7) is -0.409. The molecule has 0 saturated heterocycles. The van der Waals surface area contributed by atoms with Gasteiger partial charge in [-0.25, -0.2) is 13.8 Å². The van der Waals surface area contributed by atoms with E-state index in [0.29, 0.717) is 43.1 Å². The molecular weight excluding hydrogens is 709 g/mol. The summed E-state index contributed by atoms with van der Waals surface area (Å²) in [6, 6.07) is 20.8. The highest BCUT2D eigenvalue weighted by molar-refractivity contribution is 9.10. The van der Waals surface area contributed by atoms with Gasteiger partial charge in [-0.1, -0.05) is 47.5 Å². The molecule has 0 saturated carbocycles. The smallest absolute Gasteiger partial charge is 0.264 e. The molecule has 0 aliphatic heterocycles. The number of methoxy groups -OCH3 is 3. The van der Waals surface area contributed by atoms with Crippen LogP contribution in [0.5, 0.6) is 23.0 Å². The van der Waals surface area contributed by atoms with Crippen molar-refractivity contribution in [1.29, 1.82) is 0 Å². The number of carbonyl (C=O) groups excluding carboxylic acids is 1. The lowest BCUT2D eigenvalue weighted by Crippen LogP contribution is -2.39. The van der Waals surface area contributed by atoms with Crippen molar-refractivity contribution >= 4 is 67.0 Å². The maximum atomic E-state index is 13.6. The van der Waals surface area contributed by atoms with E-state index >= 15 is 0 Å². The summed E-state index contributed by atoms with van der Waals surface area (Å²) in [6.07, 6.45) is 1.39. The molecule has 10 nitrogen and oxygen atoms in total. The molecule has 0 bridgehead atoms. The molecule has 0 aromatic heterocycles. The second-order valence-corrected chi connectivity index (χ2v) is 12.8. The van der Waals surface area contributed by atoms with Crippen molar-refractivity contribution in [2.45, 2.75) is 11.5 Å². The van der Waals surface area contributed by atoms with Gasteiger partial charge in [0.1, 0.15) is 13.2 Å². The number of hydrogen-bond acceptors (Lipinski definition) is 8. The van der Waals surface area contributed by atoms with E-state index in [0.717, 1.165) is 9.87 Å². The molecule has 4 aromatic rings. The minimum Gasteiger partial charge on any atom is -0.493 e. The highest BCUT2D eigenvalue weighted by atomic mass is 79.9. The van der Waals surface area contributed by atoms with E-state index in [1.807, 2.05) is 0 Å². The fourth-order valence-corrected chi connectivity index (χ4v) is 6.57. The lowest BCUT2D eigenvalue weighted by molar-refractivity contribution is -0.119. The van der Waals surface area contributed by atoms with Gasteiger partial charge in [-0.05, 0) is 70.0 Å². The number of halogens is 3. The zero-order valence-electron chi connectivity index (χ0n) is 24.3. The number of nitrogens with zero attached hydrogens (tertiary/aromatic N) is 2. The Balaban J connectivity index is 1.52. The second-order valence-electron chi connectivity index (χ2n) is 9.22. The van der Waals surface area contributed by atoms with Crippen LogP contribution in [0.15, 0.2) is 93.3 Å². The third-order valence-electron chi connectivity index (χ3n) is 6.32. The van der Waals surface area contributed by atoms with E-state index < -0.39 is 22.5 Å². The Labute approximate surface area is 279 Å². The van der Waals surface area contributed by atoms with Crippen LogP contribution in [-0.2, 0) is 21.4 Å². The molecule has 14 heteroatoms. The normalized spacial score (nSPS) is 11.2. The van der Waals surface area contributed by atoms with Gasteiger partial charge in [0, 0.05) is 21.7 Å². The van der Waals surface area contributed by atoms with Crippen molar-refractivity contribution in [2.24, 2.45) is 5.10 Å². The van der Waals surface area contributed by atoms with Gasteiger partial charge in [0.2, 0.25) is 0 Å². The number of carbonyl (C=O) groups is 1. The molecular formula is C31H28BrCl2N3O7S. The standard InChI is InChI=1S/C31H28BrCl2N3O7S/c1-41-27-12-11-23(16-28(27)42-2)37(45(39,40)24-7-5-4-6-8-24)18-30(38)36-35-17-20-13-25(32)31(29(14-20)43-3)44-19-21-9-10-22(33)15-26(21)34/h4-17H,18-19H2,1-3H3,(H,36,38)/b35-17-. The van der Waals surface area contributed by atoms with Gasteiger partial charge in [0.05, 0.1) is 42.6 Å². The fraction of sp³-hybridized carbons (Fsp3) is 0.161. The van der Waals surface area contributed by atoms with Crippen LogP contribution in [-0.4, -0.2) is 48.4 Å². The van der Waals surface area contributed by atoms with E-state index in [1.54, 1.807) is 54.6 Å². The van der Waals surface area contributed by atoms with E-state index in [-0.39, 0.29) is 17.2 Å². The average molecular weight is 737 g/mol. The van der Waals surface area contributed by atoms with Crippen molar-refractivity contribution in [3.05, 3.63) is 105 Å². The van der Waals surface area contributed by atoms with Crippen LogP contribution in [0, 0.1) is 0 Å². The Kier molecular flexibility index (Phi) is 11.6. The van der Waals surface area contributed by atoms with Crippen LogP contribution in [0.3, 0.4) is 0 Å². The van der Waals surface area contributed by atoms with Gasteiger partial charge in [-0.15, -0.1) is 0 Å². The second kappa shape index (κ2) is 15.3. The molecule has 1 N–H and O–H groups in total. The first-order chi connectivity index (χ1) is 21.6. The Morgan fingerprint density at radius 3 is 2.29 bits per heavy atom. The van der Waals surface area contributed by atoms with E-state index in [1.165, 1.54) is 51.8 Å². The summed E-state index contributed by atoms with van der Waals surface area (Å²) < 4.78 is 50.9. The largest absolute Gasteiger partial charge is 0.493 e. The minimum atomic E-state index is -4.15. The maximum absolute atomic E-state index is 13.6. The SMILES string of the molecule is COc1ccc(N(CC(=O)N/N=C\c2cc(Br)c(OCc3ccc(Cl)cc3Cl)c(OC)c2)S(=O)(=O)c2ccccc2)cc1OC. The predicted molar refractivity (Wildman–Crippen MR) is 178 cm³/mol. The van der Waals surface area contributed by atoms with Crippen LogP contribution >= 0.6 is 39.1 Å². The lowest BCUT2D eigenvalue weighted by Gasteiger charge is -2.24. The van der Waals surface area contributed by atoms with Gasteiger partial charge in [-0.3, -0.25) is 9.10 Å². The molecule has 1 amide bonds. The quantitative estimate of drug-likeness (QED) is 0.120. The molecule has 0 fully saturated rings. The predicted octanol–water partition coefficient (Wildman–Crippen LogP) is 6.71. The van der Waals surface area contributed by atoms with Crippen molar-refractivity contribution in [2.75, 3.05) is 32.2 Å². The van der Waals surface area contributed by atoms with Gasteiger partial charge in [0.25, 0.3) is 15.9 Å². The molecule has 0 spiro atoms. The number of anilines is 1. The first-order valence-electron chi connectivity index (χ1n) is 13.1. The van der Waals surface area contributed by atoms with Crippen LogP contribution in [0.2, 0.25) is 10.0 Å². The van der Waals surface area contributed by atoms with Crippen molar-refractivity contribution in [3.63, 3.8) is 0 Å². The zero-order valence-corrected chi connectivity index (χ0v) is 28.2. The summed E-state index contributed by atoms with van der Waals surface area (Å²) in [4.78, 5) is 13.0. The Morgan fingerprint density at radius 1 is 0.911 bits per heavy atom. The molecule has 0 atom stereocenters. The Morgan fingerprint density at radius 2 is 1.62 bits per heavy atom. The number of amides is 1. The Bertz CT molecular complexity index is 1810. The third-order valence-corrected chi connectivity index (χ3v) is 9.28. The van der Waals surface area contributed by atoms with Crippen molar-refractivity contribution < 1.29 is 32.2 Å². The monoisotopic (exact) mass is 735 g/mol. The number of hydrogen-bond donors (Lipinski definition) is 1. The van der Waals surface area contributed by atoms with Gasteiger partial charge in [0.15, 0.2) is 23.0 Å².